The maximum Gasteiger partial charge on any atom is 0.337 e. The first-order chi connectivity index (χ1) is 8.42. The molecule has 0 aromatic carbocycles. The molecule has 2 unspecified atom stereocenters. The fourth-order valence-corrected chi connectivity index (χ4v) is 3.86. The average Bonchev–Trinajstić information content (AvgIpc) is 2.35. The zero-order valence-corrected chi connectivity index (χ0v) is 11.8. The molecule has 1 aliphatic heterocycles. The molecular formula is C10H18N2O4S2. The van der Waals surface area contributed by atoms with Crippen molar-refractivity contribution >= 4 is 35.5 Å². The van der Waals surface area contributed by atoms with Gasteiger partial charge in [0.1, 0.15) is 0 Å². The summed E-state index contributed by atoms with van der Waals surface area (Å²) in [5, 5.41) is 23.5. The van der Waals surface area contributed by atoms with E-state index in [9.17, 15) is 14.7 Å². The third-order valence-electron chi connectivity index (χ3n) is 2.43. The van der Waals surface area contributed by atoms with E-state index in [-0.39, 0.29) is 6.54 Å². The van der Waals surface area contributed by atoms with E-state index in [1.807, 2.05) is 23.5 Å². The summed E-state index contributed by atoms with van der Waals surface area (Å²) in [4.78, 5) is 22.0. The Morgan fingerprint density at radius 2 is 2.11 bits per heavy atom. The van der Waals surface area contributed by atoms with Gasteiger partial charge in [-0.3, -0.25) is 0 Å². The third kappa shape index (κ3) is 5.36. The van der Waals surface area contributed by atoms with Crippen LogP contribution in [0.1, 0.15) is 6.92 Å². The van der Waals surface area contributed by atoms with Gasteiger partial charge in [-0.05, 0) is 6.92 Å². The molecule has 0 aromatic rings. The van der Waals surface area contributed by atoms with Crippen LogP contribution >= 0.6 is 23.5 Å². The lowest BCUT2D eigenvalue weighted by molar-refractivity contribution is -0.155. The van der Waals surface area contributed by atoms with Crippen molar-refractivity contribution in [2.45, 2.75) is 17.8 Å². The minimum atomic E-state index is -1.94. The normalized spacial score (nSPS) is 22.9. The number of carbonyl (C=O) groups is 2. The van der Waals surface area contributed by atoms with Crippen LogP contribution in [0.3, 0.4) is 0 Å². The van der Waals surface area contributed by atoms with Gasteiger partial charge in [-0.1, -0.05) is 0 Å². The van der Waals surface area contributed by atoms with Gasteiger partial charge >= 0.3 is 12.0 Å². The first-order valence-corrected chi connectivity index (χ1v) is 7.79. The van der Waals surface area contributed by atoms with Crippen molar-refractivity contribution in [2.24, 2.45) is 0 Å². The third-order valence-corrected chi connectivity index (χ3v) is 5.27. The summed E-state index contributed by atoms with van der Waals surface area (Å²) in [5.74, 6) is 1.89. The smallest absolute Gasteiger partial charge is 0.337 e. The van der Waals surface area contributed by atoms with Crippen LogP contribution in [0.5, 0.6) is 0 Å². The highest BCUT2D eigenvalue weighted by Gasteiger charge is 2.30. The number of amides is 2. The fourth-order valence-electron chi connectivity index (χ4n) is 1.25. The van der Waals surface area contributed by atoms with Gasteiger partial charge in [0.2, 0.25) is 0 Å². The largest absolute Gasteiger partial charge is 0.479 e. The van der Waals surface area contributed by atoms with E-state index >= 15 is 0 Å². The van der Waals surface area contributed by atoms with Gasteiger partial charge in [-0.15, -0.1) is 0 Å². The van der Waals surface area contributed by atoms with Crippen LogP contribution in [-0.4, -0.2) is 63.4 Å². The SMILES string of the molecule is CC(O)(CNC(=O)NCC1CSCCS1)C(=O)O. The molecule has 0 bridgehead atoms. The van der Waals surface area contributed by atoms with Gasteiger partial charge < -0.3 is 20.8 Å². The zero-order chi connectivity index (χ0) is 13.6. The summed E-state index contributed by atoms with van der Waals surface area (Å²) < 4.78 is 0. The zero-order valence-electron chi connectivity index (χ0n) is 10.1. The highest BCUT2D eigenvalue weighted by atomic mass is 32.2. The molecule has 0 saturated carbocycles. The van der Waals surface area contributed by atoms with Gasteiger partial charge in [0.15, 0.2) is 5.60 Å². The number of carboxylic acids is 1. The quantitative estimate of drug-likeness (QED) is 0.568. The molecule has 0 spiro atoms. The van der Waals surface area contributed by atoms with E-state index in [2.05, 4.69) is 10.6 Å². The molecule has 0 aliphatic carbocycles. The van der Waals surface area contributed by atoms with Crippen LogP contribution in [0.15, 0.2) is 0 Å². The molecule has 2 atom stereocenters. The first-order valence-electron chi connectivity index (χ1n) is 5.58. The number of urea groups is 1. The topological polar surface area (TPSA) is 98.7 Å². The van der Waals surface area contributed by atoms with E-state index in [1.165, 1.54) is 0 Å². The molecule has 18 heavy (non-hydrogen) atoms. The summed E-state index contributed by atoms with van der Waals surface area (Å²) in [7, 11) is 0. The van der Waals surface area contributed by atoms with Crippen molar-refractivity contribution in [3.05, 3.63) is 0 Å². The van der Waals surface area contributed by atoms with E-state index in [0.29, 0.717) is 11.8 Å². The molecule has 1 aliphatic rings. The number of carboxylic acid groups (broad SMARTS) is 1. The number of aliphatic hydroxyl groups is 1. The molecule has 1 heterocycles. The van der Waals surface area contributed by atoms with Crippen molar-refractivity contribution in [3.63, 3.8) is 0 Å². The second kappa shape index (κ2) is 7.10. The molecule has 0 radical (unpaired) electrons. The predicted octanol–water partition coefficient (Wildman–Crippen LogP) is -0.0302. The fraction of sp³-hybridized carbons (Fsp3) is 0.800. The van der Waals surface area contributed by atoms with Gasteiger partial charge in [-0.25, -0.2) is 9.59 Å². The summed E-state index contributed by atoms with van der Waals surface area (Å²) in [6.45, 7) is 1.38. The molecule has 1 saturated heterocycles. The Hall–Kier alpha value is -0.600. The second-order valence-electron chi connectivity index (χ2n) is 4.21. The monoisotopic (exact) mass is 294 g/mol. The maximum absolute atomic E-state index is 11.4. The van der Waals surface area contributed by atoms with Crippen LogP contribution in [0.25, 0.3) is 0 Å². The number of rotatable bonds is 5. The number of hydrogen-bond acceptors (Lipinski definition) is 5. The Balaban J connectivity index is 2.19. The van der Waals surface area contributed by atoms with Gasteiger partial charge in [0.05, 0.1) is 6.54 Å². The Kier molecular flexibility index (Phi) is 6.10. The minimum absolute atomic E-state index is 0.319. The minimum Gasteiger partial charge on any atom is -0.479 e. The molecule has 6 nitrogen and oxygen atoms in total. The average molecular weight is 294 g/mol. The number of hydrogen-bond donors (Lipinski definition) is 4. The Morgan fingerprint density at radius 1 is 1.39 bits per heavy atom. The summed E-state index contributed by atoms with van der Waals surface area (Å²) in [5.41, 5.74) is -1.94. The van der Waals surface area contributed by atoms with Crippen molar-refractivity contribution < 1.29 is 19.8 Å². The number of nitrogens with one attached hydrogen (secondary N) is 2. The van der Waals surface area contributed by atoms with E-state index in [4.69, 9.17) is 5.11 Å². The Labute approximate surface area is 114 Å². The van der Waals surface area contributed by atoms with Crippen LogP contribution < -0.4 is 10.6 Å². The van der Waals surface area contributed by atoms with Gasteiger partial charge in [0, 0.05) is 29.1 Å². The molecule has 0 aromatic heterocycles. The standard InChI is InChI=1S/C10H18N2O4S2/c1-10(16,8(13)14)6-12-9(15)11-4-7-5-17-2-3-18-7/h7,16H,2-6H2,1H3,(H,13,14)(H2,11,12,15). The summed E-state index contributed by atoms with van der Waals surface area (Å²) in [6, 6.07) is -0.451. The molecule has 2 amide bonds. The van der Waals surface area contributed by atoms with Crippen LogP contribution in [0.4, 0.5) is 4.79 Å². The lowest BCUT2D eigenvalue weighted by Crippen LogP contribution is -2.50. The lowest BCUT2D eigenvalue weighted by Gasteiger charge is -2.22. The highest BCUT2D eigenvalue weighted by molar-refractivity contribution is 8.06. The van der Waals surface area contributed by atoms with E-state index < -0.39 is 17.6 Å². The number of aliphatic carboxylic acids is 1. The van der Waals surface area contributed by atoms with Crippen molar-refractivity contribution in [1.82, 2.24) is 10.6 Å². The van der Waals surface area contributed by atoms with Crippen molar-refractivity contribution in [1.29, 1.82) is 0 Å². The van der Waals surface area contributed by atoms with Crippen LogP contribution in [-0.2, 0) is 4.79 Å². The number of thioether (sulfide) groups is 2. The molecular weight excluding hydrogens is 276 g/mol. The van der Waals surface area contributed by atoms with Gasteiger partial charge in [-0.2, -0.15) is 23.5 Å². The molecule has 4 N–H and O–H groups in total. The number of carbonyl (C=O) groups excluding carboxylic acids is 1. The second-order valence-corrected chi connectivity index (χ2v) is 6.77. The maximum atomic E-state index is 11.4. The molecule has 104 valence electrons. The first kappa shape index (κ1) is 15.5. The summed E-state index contributed by atoms with van der Waals surface area (Å²) >= 11 is 3.69. The van der Waals surface area contributed by atoms with Crippen LogP contribution in [0.2, 0.25) is 0 Å². The van der Waals surface area contributed by atoms with E-state index in [1.54, 1.807) is 0 Å². The van der Waals surface area contributed by atoms with Gasteiger partial charge in [0.25, 0.3) is 0 Å². The molecule has 8 heteroatoms. The Bertz CT molecular complexity index is 306. The van der Waals surface area contributed by atoms with E-state index in [0.717, 1.165) is 24.2 Å². The Morgan fingerprint density at radius 3 is 2.67 bits per heavy atom. The van der Waals surface area contributed by atoms with Crippen molar-refractivity contribution in [2.75, 3.05) is 30.3 Å². The van der Waals surface area contributed by atoms with Crippen molar-refractivity contribution in [3.8, 4) is 0 Å². The van der Waals surface area contributed by atoms with Crippen LogP contribution in [0, 0.1) is 0 Å². The predicted molar refractivity (Wildman–Crippen MR) is 73.2 cm³/mol. The molecule has 1 fully saturated rings. The summed E-state index contributed by atoms with van der Waals surface area (Å²) in [6.07, 6.45) is 0. The highest BCUT2D eigenvalue weighted by Crippen LogP contribution is 2.23. The lowest BCUT2D eigenvalue weighted by atomic mass is 10.1. The molecule has 1 rings (SSSR count).